The van der Waals surface area contributed by atoms with Crippen molar-refractivity contribution in [2.24, 2.45) is 0 Å². The Morgan fingerprint density at radius 1 is 1.14 bits per heavy atom. The molecular weight excluding hydrogens is 488 g/mol. The number of benzene rings is 2. The van der Waals surface area contributed by atoms with Crippen molar-refractivity contribution in [3.63, 3.8) is 0 Å². The first-order chi connectivity index (χ1) is 18.1. The molecule has 3 rings (SSSR count). The van der Waals surface area contributed by atoms with Gasteiger partial charge in [0.25, 0.3) is 5.91 Å². The van der Waals surface area contributed by atoms with E-state index >= 15 is 0 Å². The van der Waals surface area contributed by atoms with E-state index in [2.05, 4.69) is 29.0 Å². The molecule has 0 radical (unpaired) electrons. The van der Waals surface area contributed by atoms with Gasteiger partial charge in [-0.05, 0) is 48.2 Å². The van der Waals surface area contributed by atoms with Gasteiger partial charge in [0, 0.05) is 6.42 Å². The minimum atomic E-state index is -0.547. The maximum Gasteiger partial charge on any atom is 0.268 e. The normalized spacial score (nSPS) is 10.9. The van der Waals surface area contributed by atoms with Crippen LogP contribution in [0.25, 0.3) is 6.08 Å². The number of carbonyl (C=O) groups is 1. The summed E-state index contributed by atoms with van der Waals surface area (Å²) in [5.41, 5.74) is 1.62. The highest BCUT2D eigenvalue weighted by molar-refractivity contribution is 7.15. The third kappa shape index (κ3) is 8.19. The summed E-state index contributed by atoms with van der Waals surface area (Å²) in [6, 6.07) is 14.9. The fourth-order valence-corrected chi connectivity index (χ4v) is 4.15. The van der Waals surface area contributed by atoms with Crippen LogP contribution in [-0.2, 0) is 17.6 Å². The smallest absolute Gasteiger partial charge is 0.268 e. The van der Waals surface area contributed by atoms with Crippen LogP contribution in [-0.4, -0.2) is 36.4 Å². The molecule has 0 atom stereocenters. The van der Waals surface area contributed by atoms with E-state index in [0.29, 0.717) is 35.4 Å². The van der Waals surface area contributed by atoms with Crippen LogP contribution in [0.5, 0.6) is 17.2 Å². The lowest BCUT2D eigenvalue weighted by Crippen LogP contribution is -2.13. The highest BCUT2D eigenvalue weighted by Gasteiger charge is 2.14. The summed E-state index contributed by atoms with van der Waals surface area (Å²) < 4.78 is 17.2. The number of aromatic nitrogens is 2. The molecule has 0 saturated heterocycles. The minimum absolute atomic E-state index is 0.0624. The summed E-state index contributed by atoms with van der Waals surface area (Å²) in [5.74, 6) is 1.25. The molecule has 0 aliphatic rings. The van der Waals surface area contributed by atoms with E-state index < -0.39 is 5.91 Å². The number of aryl methyl sites for hydroxylation is 1. The van der Waals surface area contributed by atoms with Crippen LogP contribution >= 0.6 is 11.3 Å². The topological polar surface area (TPSA) is 106 Å². The third-order valence-electron chi connectivity index (χ3n) is 5.23. The van der Waals surface area contributed by atoms with Crippen molar-refractivity contribution in [2.75, 3.05) is 25.6 Å². The first-order valence-electron chi connectivity index (χ1n) is 12.0. The van der Waals surface area contributed by atoms with Gasteiger partial charge in [-0.1, -0.05) is 55.0 Å². The van der Waals surface area contributed by atoms with Crippen molar-refractivity contribution in [3.8, 4) is 23.3 Å². The number of hydrogen-bond acceptors (Lipinski definition) is 8. The molecule has 0 saturated carbocycles. The number of ether oxygens (including phenoxy) is 3. The molecule has 8 nitrogen and oxygen atoms in total. The SMILES string of the molecule is C=CCc1ccccc1OCCOc1ccc(C=C(C#N)C(=O)Nc2nnc(CCCC)s2)cc1OC. The van der Waals surface area contributed by atoms with E-state index in [1.54, 1.807) is 18.2 Å². The maximum atomic E-state index is 12.6. The Bertz CT molecular complexity index is 1280. The summed E-state index contributed by atoms with van der Waals surface area (Å²) in [6.45, 7) is 6.53. The fourth-order valence-electron chi connectivity index (χ4n) is 3.38. The first-order valence-corrected chi connectivity index (χ1v) is 12.8. The number of amides is 1. The van der Waals surface area contributed by atoms with Gasteiger partial charge in [0.05, 0.1) is 7.11 Å². The number of nitrogens with one attached hydrogen (secondary N) is 1. The monoisotopic (exact) mass is 518 g/mol. The molecule has 0 aliphatic carbocycles. The van der Waals surface area contributed by atoms with E-state index in [0.717, 1.165) is 42.0 Å². The molecule has 0 bridgehead atoms. The van der Waals surface area contributed by atoms with Gasteiger partial charge in [0.2, 0.25) is 5.13 Å². The van der Waals surface area contributed by atoms with Crippen molar-refractivity contribution >= 4 is 28.5 Å². The Kier molecular flexibility index (Phi) is 10.7. The maximum absolute atomic E-state index is 12.6. The summed E-state index contributed by atoms with van der Waals surface area (Å²) >= 11 is 1.31. The standard InChI is InChI=1S/C28H30N4O4S/c1-4-6-12-26-31-32-28(37-26)30-27(33)22(19-29)17-20-13-14-24(25(18-20)34-3)36-16-15-35-23-11-8-7-10-21(23)9-5-2/h5,7-8,10-11,13-14,17-18H,2,4,6,9,12,15-16H2,1,3H3,(H,30,32,33). The van der Waals surface area contributed by atoms with Gasteiger partial charge < -0.3 is 14.2 Å². The fraction of sp³-hybridized carbons (Fsp3) is 0.286. The summed E-state index contributed by atoms with van der Waals surface area (Å²) in [7, 11) is 1.53. The van der Waals surface area contributed by atoms with E-state index in [4.69, 9.17) is 14.2 Å². The average molecular weight is 519 g/mol. The summed E-state index contributed by atoms with van der Waals surface area (Å²) in [6.07, 6.45) is 6.91. The largest absolute Gasteiger partial charge is 0.493 e. The van der Waals surface area contributed by atoms with Gasteiger partial charge in [-0.2, -0.15) is 5.26 Å². The van der Waals surface area contributed by atoms with Crippen LogP contribution in [0.2, 0.25) is 0 Å². The quantitative estimate of drug-likeness (QED) is 0.128. The molecule has 3 aromatic rings. The minimum Gasteiger partial charge on any atom is -0.493 e. The molecule has 1 N–H and O–H groups in total. The van der Waals surface area contributed by atoms with Gasteiger partial charge >= 0.3 is 0 Å². The molecule has 0 fully saturated rings. The van der Waals surface area contributed by atoms with Crippen LogP contribution in [0.4, 0.5) is 5.13 Å². The number of para-hydroxylation sites is 1. The molecule has 192 valence electrons. The van der Waals surface area contributed by atoms with Crippen LogP contribution < -0.4 is 19.5 Å². The van der Waals surface area contributed by atoms with Crippen LogP contribution in [0, 0.1) is 11.3 Å². The zero-order valence-electron chi connectivity index (χ0n) is 21.0. The van der Waals surface area contributed by atoms with Crippen LogP contribution in [0.15, 0.2) is 60.7 Å². The summed E-state index contributed by atoms with van der Waals surface area (Å²) in [4.78, 5) is 12.6. The van der Waals surface area contributed by atoms with Crippen molar-refractivity contribution in [3.05, 3.63) is 76.8 Å². The molecule has 0 unspecified atom stereocenters. The number of carbonyl (C=O) groups excluding carboxylic acids is 1. The van der Waals surface area contributed by atoms with Crippen molar-refractivity contribution in [1.29, 1.82) is 5.26 Å². The molecule has 1 amide bonds. The third-order valence-corrected chi connectivity index (χ3v) is 6.13. The number of hydrogen-bond donors (Lipinski definition) is 1. The number of anilines is 1. The Morgan fingerprint density at radius 3 is 2.65 bits per heavy atom. The second kappa shape index (κ2) is 14.4. The average Bonchev–Trinajstić information content (AvgIpc) is 3.36. The number of methoxy groups -OCH3 is 1. The van der Waals surface area contributed by atoms with E-state index in [-0.39, 0.29) is 5.57 Å². The predicted octanol–water partition coefficient (Wildman–Crippen LogP) is 5.62. The predicted molar refractivity (Wildman–Crippen MR) is 145 cm³/mol. The van der Waals surface area contributed by atoms with E-state index in [1.807, 2.05) is 36.4 Å². The zero-order chi connectivity index (χ0) is 26.5. The molecule has 2 aromatic carbocycles. The lowest BCUT2D eigenvalue weighted by molar-refractivity contribution is -0.112. The highest BCUT2D eigenvalue weighted by atomic mass is 32.1. The van der Waals surface area contributed by atoms with Gasteiger partial charge in [0.15, 0.2) is 11.5 Å². The zero-order valence-corrected chi connectivity index (χ0v) is 21.8. The molecule has 1 aromatic heterocycles. The number of nitrogens with zero attached hydrogens (tertiary/aromatic N) is 3. The Morgan fingerprint density at radius 2 is 1.92 bits per heavy atom. The lowest BCUT2D eigenvalue weighted by atomic mass is 10.1. The molecule has 37 heavy (non-hydrogen) atoms. The molecule has 9 heteroatoms. The van der Waals surface area contributed by atoms with Crippen LogP contribution in [0.1, 0.15) is 35.9 Å². The second-order valence-corrected chi connectivity index (χ2v) is 9.00. The Balaban J connectivity index is 1.60. The number of rotatable bonds is 14. The number of unbranched alkanes of at least 4 members (excludes halogenated alkanes) is 1. The molecule has 0 aliphatic heterocycles. The van der Waals surface area contributed by atoms with Crippen molar-refractivity contribution < 1.29 is 19.0 Å². The Labute approximate surface area is 221 Å². The van der Waals surface area contributed by atoms with Crippen molar-refractivity contribution in [1.82, 2.24) is 10.2 Å². The molecular formula is C28H30N4O4S. The van der Waals surface area contributed by atoms with E-state index in [1.165, 1.54) is 24.5 Å². The Hall–Kier alpha value is -4.16. The highest BCUT2D eigenvalue weighted by Crippen LogP contribution is 2.29. The number of allylic oxidation sites excluding steroid dienone is 1. The van der Waals surface area contributed by atoms with Gasteiger partial charge in [-0.15, -0.1) is 16.8 Å². The van der Waals surface area contributed by atoms with Gasteiger partial charge in [-0.25, -0.2) is 0 Å². The van der Waals surface area contributed by atoms with Crippen LogP contribution in [0.3, 0.4) is 0 Å². The van der Waals surface area contributed by atoms with Crippen molar-refractivity contribution in [2.45, 2.75) is 32.6 Å². The lowest BCUT2D eigenvalue weighted by Gasteiger charge is -2.13. The second-order valence-electron chi connectivity index (χ2n) is 7.94. The van der Waals surface area contributed by atoms with E-state index in [9.17, 15) is 10.1 Å². The molecule has 0 spiro atoms. The summed E-state index contributed by atoms with van der Waals surface area (Å²) in [5, 5.41) is 21.5. The van der Waals surface area contributed by atoms with Gasteiger partial charge in [-0.3, -0.25) is 10.1 Å². The first kappa shape index (κ1) is 27.4. The van der Waals surface area contributed by atoms with Gasteiger partial charge in [0.1, 0.15) is 35.6 Å². The number of nitriles is 1. The molecule has 1 heterocycles.